The molecule has 0 amide bonds. The first-order chi connectivity index (χ1) is 11.0. The zero-order valence-corrected chi connectivity index (χ0v) is 13.7. The summed E-state index contributed by atoms with van der Waals surface area (Å²) in [6.07, 6.45) is 1.99. The second-order valence-electron chi connectivity index (χ2n) is 4.61. The highest BCUT2D eigenvalue weighted by Gasteiger charge is 2.08. The van der Waals surface area contributed by atoms with Gasteiger partial charge in [-0.05, 0) is 6.42 Å². The van der Waals surface area contributed by atoms with Crippen molar-refractivity contribution in [2.24, 2.45) is 0 Å². The van der Waals surface area contributed by atoms with Crippen molar-refractivity contribution in [1.82, 2.24) is 15.0 Å². The summed E-state index contributed by atoms with van der Waals surface area (Å²) in [5.74, 6) is -0.409. The van der Waals surface area contributed by atoms with Crippen LogP contribution in [0.3, 0.4) is 0 Å². The number of thioether (sulfide) groups is 1. The Balaban J connectivity index is 2.70. The number of rotatable bonds is 12. The number of carboxylic acid groups (broad SMARTS) is 2. The van der Waals surface area contributed by atoms with Gasteiger partial charge >= 0.3 is 11.9 Å². The van der Waals surface area contributed by atoms with Gasteiger partial charge in [0.1, 0.15) is 0 Å². The highest BCUT2D eigenvalue weighted by Crippen LogP contribution is 2.18. The Hall–Kier alpha value is -2.10. The Morgan fingerprint density at radius 2 is 1.52 bits per heavy atom. The largest absolute Gasteiger partial charge is 0.481 e. The van der Waals surface area contributed by atoms with E-state index in [4.69, 9.17) is 10.2 Å². The van der Waals surface area contributed by atoms with Crippen LogP contribution >= 0.6 is 11.8 Å². The maximum atomic E-state index is 10.5. The van der Waals surface area contributed by atoms with Crippen LogP contribution in [0.5, 0.6) is 0 Å². The van der Waals surface area contributed by atoms with Gasteiger partial charge in [0, 0.05) is 18.8 Å². The molecule has 0 radical (unpaired) electrons. The van der Waals surface area contributed by atoms with Gasteiger partial charge in [0.15, 0.2) is 5.16 Å². The van der Waals surface area contributed by atoms with Crippen LogP contribution in [-0.2, 0) is 9.59 Å². The van der Waals surface area contributed by atoms with E-state index in [1.54, 1.807) is 0 Å². The molecule has 0 atom stereocenters. The molecule has 10 heteroatoms. The molecule has 0 aliphatic heterocycles. The van der Waals surface area contributed by atoms with Gasteiger partial charge in [-0.15, -0.1) is 0 Å². The third-order valence-electron chi connectivity index (χ3n) is 2.59. The van der Waals surface area contributed by atoms with Crippen LogP contribution < -0.4 is 10.6 Å². The van der Waals surface area contributed by atoms with Crippen molar-refractivity contribution >= 4 is 35.6 Å². The molecular weight excluding hydrogens is 322 g/mol. The molecule has 1 rings (SSSR count). The minimum atomic E-state index is -0.913. The quantitative estimate of drug-likeness (QED) is 0.326. The minimum Gasteiger partial charge on any atom is -0.481 e. The molecule has 9 nitrogen and oxygen atoms in total. The summed E-state index contributed by atoms with van der Waals surface area (Å²) in [6.45, 7) is 2.49. The lowest BCUT2D eigenvalue weighted by molar-refractivity contribution is -0.137. The molecule has 1 heterocycles. The average molecular weight is 343 g/mol. The van der Waals surface area contributed by atoms with Crippen molar-refractivity contribution < 1.29 is 19.8 Å². The zero-order valence-electron chi connectivity index (χ0n) is 12.9. The van der Waals surface area contributed by atoms with E-state index in [9.17, 15) is 9.59 Å². The first-order valence-corrected chi connectivity index (χ1v) is 8.30. The summed E-state index contributed by atoms with van der Waals surface area (Å²) in [5, 5.41) is 23.5. The standard InChI is InChI=1S/C13H21N5O4S/c1-2-3-8-23-13-17-11(14-6-4-9(19)20)16-12(18-13)15-7-5-10(21)22/h2-8H2,1H3,(H,19,20)(H,21,22)(H2,14,15,16,17,18). The van der Waals surface area contributed by atoms with E-state index in [2.05, 4.69) is 32.5 Å². The van der Waals surface area contributed by atoms with Crippen molar-refractivity contribution in [2.45, 2.75) is 37.8 Å². The van der Waals surface area contributed by atoms with E-state index in [0.29, 0.717) is 5.16 Å². The Labute approximate surface area is 138 Å². The van der Waals surface area contributed by atoms with Gasteiger partial charge in [-0.3, -0.25) is 9.59 Å². The summed E-state index contributed by atoms with van der Waals surface area (Å²) in [6, 6.07) is 0. The van der Waals surface area contributed by atoms with Gasteiger partial charge in [-0.1, -0.05) is 25.1 Å². The molecule has 0 saturated heterocycles. The molecule has 0 bridgehead atoms. The van der Waals surface area contributed by atoms with Gasteiger partial charge < -0.3 is 20.8 Å². The molecule has 0 aliphatic carbocycles. The van der Waals surface area contributed by atoms with E-state index < -0.39 is 11.9 Å². The number of aliphatic carboxylic acids is 2. The Morgan fingerprint density at radius 3 is 1.96 bits per heavy atom. The van der Waals surface area contributed by atoms with Crippen LogP contribution in [0.2, 0.25) is 0 Å². The summed E-state index contributed by atoms with van der Waals surface area (Å²) in [7, 11) is 0. The van der Waals surface area contributed by atoms with E-state index in [0.717, 1.165) is 18.6 Å². The predicted molar refractivity (Wildman–Crippen MR) is 86.9 cm³/mol. The number of hydrogen-bond donors (Lipinski definition) is 4. The molecule has 128 valence electrons. The van der Waals surface area contributed by atoms with Crippen molar-refractivity contribution in [2.75, 3.05) is 29.5 Å². The fourth-order valence-corrected chi connectivity index (χ4v) is 2.37. The second kappa shape index (κ2) is 10.6. The van der Waals surface area contributed by atoms with Crippen molar-refractivity contribution in [3.63, 3.8) is 0 Å². The van der Waals surface area contributed by atoms with Crippen LogP contribution in [0, 0.1) is 0 Å². The highest BCUT2D eigenvalue weighted by molar-refractivity contribution is 7.99. The SMILES string of the molecule is CCCCSc1nc(NCCC(=O)O)nc(NCCC(=O)O)n1. The highest BCUT2D eigenvalue weighted by atomic mass is 32.2. The van der Waals surface area contributed by atoms with Crippen molar-refractivity contribution in [3.8, 4) is 0 Å². The summed E-state index contributed by atoms with van der Waals surface area (Å²) < 4.78 is 0. The van der Waals surface area contributed by atoms with Gasteiger partial charge in [-0.2, -0.15) is 15.0 Å². The molecule has 0 aromatic carbocycles. The Bertz CT molecular complexity index is 491. The normalized spacial score (nSPS) is 10.3. The van der Waals surface area contributed by atoms with Crippen LogP contribution in [0.1, 0.15) is 32.6 Å². The lowest BCUT2D eigenvalue weighted by atomic mass is 10.4. The molecule has 23 heavy (non-hydrogen) atoms. The van der Waals surface area contributed by atoms with E-state index >= 15 is 0 Å². The topological polar surface area (TPSA) is 137 Å². The van der Waals surface area contributed by atoms with Crippen LogP contribution in [-0.4, -0.2) is 55.9 Å². The van der Waals surface area contributed by atoms with Crippen molar-refractivity contribution in [3.05, 3.63) is 0 Å². The molecule has 0 saturated carbocycles. The second-order valence-corrected chi connectivity index (χ2v) is 5.67. The molecular formula is C13H21N5O4S. The van der Waals surface area contributed by atoms with Gasteiger partial charge in [0.25, 0.3) is 0 Å². The first-order valence-electron chi connectivity index (χ1n) is 7.31. The average Bonchev–Trinajstić information content (AvgIpc) is 2.46. The van der Waals surface area contributed by atoms with Crippen LogP contribution in [0.15, 0.2) is 5.16 Å². The Kier molecular flexibility index (Phi) is 8.73. The summed E-state index contributed by atoms with van der Waals surface area (Å²) in [5.41, 5.74) is 0. The van der Waals surface area contributed by atoms with Gasteiger partial charge in [0.2, 0.25) is 11.9 Å². The number of carbonyl (C=O) groups is 2. The maximum Gasteiger partial charge on any atom is 0.305 e. The zero-order chi connectivity index (χ0) is 17.1. The molecule has 1 aromatic heterocycles. The summed E-state index contributed by atoms with van der Waals surface area (Å²) >= 11 is 1.48. The molecule has 0 aliphatic rings. The number of unbranched alkanes of at least 4 members (excludes halogenated alkanes) is 1. The number of hydrogen-bond acceptors (Lipinski definition) is 8. The van der Waals surface area contributed by atoms with E-state index in [-0.39, 0.29) is 37.8 Å². The van der Waals surface area contributed by atoms with Gasteiger partial charge in [-0.25, -0.2) is 0 Å². The smallest absolute Gasteiger partial charge is 0.305 e. The fraction of sp³-hybridized carbons (Fsp3) is 0.615. The monoisotopic (exact) mass is 343 g/mol. The molecule has 1 aromatic rings. The third-order valence-corrected chi connectivity index (χ3v) is 3.52. The molecule has 0 spiro atoms. The predicted octanol–water partition coefficient (Wildman–Crippen LogP) is 1.54. The number of aromatic nitrogens is 3. The first kappa shape index (κ1) is 18.9. The number of nitrogens with zero attached hydrogens (tertiary/aromatic N) is 3. The molecule has 0 fully saturated rings. The summed E-state index contributed by atoms with van der Waals surface area (Å²) in [4.78, 5) is 33.6. The van der Waals surface area contributed by atoms with E-state index in [1.807, 2.05) is 0 Å². The Morgan fingerprint density at radius 1 is 1.00 bits per heavy atom. The van der Waals surface area contributed by atoms with Crippen LogP contribution in [0.4, 0.5) is 11.9 Å². The molecule has 4 N–H and O–H groups in total. The fourth-order valence-electron chi connectivity index (χ4n) is 1.45. The number of carboxylic acids is 2. The molecule has 0 unspecified atom stereocenters. The van der Waals surface area contributed by atoms with Crippen molar-refractivity contribution in [1.29, 1.82) is 0 Å². The van der Waals surface area contributed by atoms with E-state index in [1.165, 1.54) is 11.8 Å². The lowest BCUT2D eigenvalue weighted by Crippen LogP contribution is -2.14. The van der Waals surface area contributed by atoms with Crippen LogP contribution in [0.25, 0.3) is 0 Å². The minimum absolute atomic E-state index is 0.0498. The third kappa shape index (κ3) is 8.81. The van der Waals surface area contributed by atoms with Gasteiger partial charge in [0.05, 0.1) is 12.8 Å². The maximum absolute atomic E-state index is 10.5. The number of nitrogens with one attached hydrogen (secondary N) is 2. The number of anilines is 2. The lowest BCUT2D eigenvalue weighted by Gasteiger charge is -2.09.